The van der Waals surface area contributed by atoms with E-state index in [0.717, 1.165) is 11.5 Å². The number of aryl methyl sites for hydroxylation is 1. The van der Waals surface area contributed by atoms with Gasteiger partial charge in [0.25, 0.3) is 0 Å². The van der Waals surface area contributed by atoms with E-state index in [-0.39, 0.29) is 0 Å². The Balaban J connectivity index is 2.18. The molecule has 15 heavy (non-hydrogen) atoms. The first-order valence-corrected chi connectivity index (χ1v) is 5.44. The normalized spacial score (nSPS) is 16.3. The van der Waals surface area contributed by atoms with Crippen LogP contribution < -0.4 is 5.32 Å². The van der Waals surface area contributed by atoms with Crippen molar-refractivity contribution in [3.8, 4) is 6.07 Å². The molecule has 1 aliphatic carbocycles. The van der Waals surface area contributed by atoms with Crippen LogP contribution >= 0.6 is 0 Å². The van der Waals surface area contributed by atoms with Gasteiger partial charge >= 0.3 is 0 Å². The van der Waals surface area contributed by atoms with Gasteiger partial charge in [-0.2, -0.15) is 5.26 Å². The monoisotopic (exact) mass is 201 g/mol. The largest absolute Gasteiger partial charge is 0.366 e. The number of nitriles is 1. The van der Waals surface area contributed by atoms with Crippen LogP contribution in [0.3, 0.4) is 0 Å². The van der Waals surface area contributed by atoms with Crippen LogP contribution in [-0.2, 0) is 0 Å². The van der Waals surface area contributed by atoms with Gasteiger partial charge in [0.15, 0.2) is 0 Å². The third-order valence-electron chi connectivity index (χ3n) is 2.85. The van der Waals surface area contributed by atoms with Gasteiger partial charge in [0.05, 0.1) is 5.56 Å². The number of hydrogen-bond donors (Lipinski definition) is 1. The van der Waals surface area contributed by atoms with E-state index in [1.807, 2.05) is 19.1 Å². The molecule has 0 aromatic carbocycles. The molecular weight excluding hydrogens is 186 g/mol. The van der Waals surface area contributed by atoms with Crippen molar-refractivity contribution in [3.63, 3.8) is 0 Å². The highest BCUT2D eigenvalue weighted by molar-refractivity contribution is 5.52. The van der Waals surface area contributed by atoms with Crippen LogP contribution in [0.25, 0.3) is 0 Å². The molecule has 1 fully saturated rings. The summed E-state index contributed by atoms with van der Waals surface area (Å²) in [6, 6.07) is 6.38. The van der Waals surface area contributed by atoms with Crippen LogP contribution in [0.15, 0.2) is 12.1 Å². The maximum Gasteiger partial charge on any atom is 0.144 e. The van der Waals surface area contributed by atoms with Crippen LogP contribution in [0, 0.1) is 18.3 Å². The van der Waals surface area contributed by atoms with Gasteiger partial charge < -0.3 is 5.32 Å². The summed E-state index contributed by atoms with van der Waals surface area (Å²) < 4.78 is 0. The Kier molecular flexibility index (Phi) is 2.86. The number of nitrogens with one attached hydrogen (secondary N) is 1. The van der Waals surface area contributed by atoms with Gasteiger partial charge in [-0.15, -0.1) is 0 Å². The van der Waals surface area contributed by atoms with Gasteiger partial charge in [0, 0.05) is 11.7 Å². The first-order chi connectivity index (χ1) is 7.29. The van der Waals surface area contributed by atoms with Crippen molar-refractivity contribution in [2.24, 2.45) is 0 Å². The van der Waals surface area contributed by atoms with Crippen LogP contribution in [0.4, 0.5) is 5.82 Å². The molecule has 0 saturated heterocycles. The summed E-state index contributed by atoms with van der Waals surface area (Å²) in [5, 5.41) is 12.3. The van der Waals surface area contributed by atoms with E-state index in [1.54, 1.807) is 0 Å². The smallest absolute Gasteiger partial charge is 0.144 e. The fourth-order valence-corrected chi connectivity index (χ4v) is 2.02. The summed E-state index contributed by atoms with van der Waals surface area (Å²) in [7, 11) is 0. The molecule has 0 radical (unpaired) electrons. The van der Waals surface area contributed by atoms with Gasteiger partial charge in [-0.3, -0.25) is 0 Å². The molecule has 2 rings (SSSR count). The second-order valence-corrected chi connectivity index (χ2v) is 4.09. The highest BCUT2D eigenvalue weighted by atomic mass is 15.0. The van der Waals surface area contributed by atoms with Crippen molar-refractivity contribution >= 4 is 5.82 Å². The summed E-state index contributed by atoms with van der Waals surface area (Å²) in [6.07, 6.45) is 4.96. The molecule has 78 valence electrons. The lowest BCUT2D eigenvalue weighted by Gasteiger charge is -2.13. The fraction of sp³-hybridized carbons (Fsp3) is 0.500. The summed E-state index contributed by atoms with van der Waals surface area (Å²) in [6.45, 7) is 1.95. The quantitative estimate of drug-likeness (QED) is 0.800. The SMILES string of the molecule is Cc1ccc(C#N)c(NC2CCCC2)n1. The zero-order valence-corrected chi connectivity index (χ0v) is 8.95. The Morgan fingerprint density at radius 1 is 1.40 bits per heavy atom. The number of hydrogen-bond acceptors (Lipinski definition) is 3. The topological polar surface area (TPSA) is 48.7 Å². The Labute approximate surface area is 90.1 Å². The number of anilines is 1. The Morgan fingerprint density at radius 2 is 2.13 bits per heavy atom. The molecule has 0 spiro atoms. The summed E-state index contributed by atoms with van der Waals surface area (Å²) in [5.74, 6) is 0.754. The van der Waals surface area contributed by atoms with Gasteiger partial charge in [-0.25, -0.2) is 4.98 Å². The number of rotatable bonds is 2. The Morgan fingerprint density at radius 3 is 2.80 bits per heavy atom. The Bertz CT molecular complexity index is 386. The number of aromatic nitrogens is 1. The van der Waals surface area contributed by atoms with Crippen LogP contribution in [0.1, 0.15) is 36.9 Å². The number of nitrogens with zero attached hydrogens (tertiary/aromatic N) is 2. The maximum absolute atomic E-state index is 8.95. The minimum absolute atomic E-state index is 0.506. The van der Waals surface area contributed by atoms with Crippen LogP contribution in [0.5, 0.6) is 0 Å². The molecule has 0 aliphatic heterocycles. The zero-order valence-electron chi connectivity index (χ0n) is 8.95. The maximum atomic E-state index is 8.95. The van der Waals surface area contributed by atoms with Gasteiger partial charge in [0.2, 0.25) is 0 Å². The summed E-state index contributed by atoms with van der Waals surface area (Å²) >= 11 is 0. The second-order valence-electron chi connectivity index (χ2n) is 4.09. The fourth-order valence-electron chi connectivity index (χ4n) is 2.02. The highest BCUT2D eigenvalue weighted by Crippen LogP contribution is 2.23. The molecule has 1 aromatic heterocycles. The lowest BCUT2D eigenvalue weighted by Crippen LogP contribution is -2.16. The van der Waals surface area contributed by atoms with Crippen molar-refractivity contribution in [2.75, 3.05) is 5.32 Å². The highest BCUT2D eigenvalue weighted by Gasteiger charge is 2.16. The second kappa shape index (κ2) is 4.31. The van der Waals surface area contributed by atoms with E-state index in [4.69, 9.17) is 5.26 Å². The van der Waals surface area contributed by atoms with E-state index < -0.39 is 0 Å². The predicted octanol–water partition coefficient (Wildman–Crippen LogP) is 2.62. The van der Waals surface area contributed by atoms with Crippen LogP contribution in [0.2, 0.25) is 0 Å². The van der Waals surface area contributed by atoms with E-state index in [9.17, 15) is 0 Å². The van der Waals surface area contributed by atoms with Crippen molar-refractivity contribution in [1.82, 2.24) is 4.98 Å². The molecule has 1 saturated carbocycles. The standard InChI is InChI=1S/C12H15N3/c1-9-6-7-10(8-13)12(14-9)15-11-4-2-3-5-11/h6-7,11H,2-5H2,1H3,(H,14,15). The molecule has 1 aromatic rings. The molecule has 0 atom stereocenters. The third kappa shape index (κ3) is 2.27. The molecule has 1 heterocycles. The summed E-state index contributed by atoms with van der Waals surface area (Å²) in [5.41, 5.74) is 1.60. The zero-order chi connectivity index (χ0) is 10.7. The van der Waals surface area contributed by atoms with Crippen LogP contribution in [-0.4, -0.2) is 11.0 Å². The van der Waals surface area contributed by atoms with E-state index >= 15 is 0 Å². The first-order valence-electron chi connectivity index (χ1n) is 5.44. The number of pyridine rings is 1. The van der Waals surface area contributed by atoms with E-state index in [1.165, 1.54) is 25.7 Å². The van der Waals surface area contributed by atoms with Crippen molar-refractivity contribution in [3.05, 3.63) is 23.4 Å². The average molecular weight is 201 g/mol. The summed E-state index contributed by atoms with van der Waals surface area (Å²) in [4.78, 5) is 4.37. The third-order valence-corrected chi connectivity index (χ3v) is 2.85. The molecule has 3 nitrogen and oxygen atoms in total. The molecule has 0 bridgehead atoms. The minimum atomic E-state index is 0.506. The first kappa shape index (κ1) is 9.97. The van der Waals surface area contributed by atoms with E-state index in [2.05, 4.69) is 16.4 Å². The Hall–Kier alpha value is -1.56. The van der Waals surface area contributed by atoms with Gasteiger partial charge in [0.1, 0.15) is 11.9 Å². The lowest BCUT2D eigenvalue weighted by atomic mass is 10.2. The van der Waals surface area contributed by atoms with Crippen molar-refractivity contribution in [1.29, 1.82) is 5.26 Å². The van der Waals surface area contributed by atoms with Crippen molar-refractivity contribution in [2.45, 2.75) is 38.6 Å². The van der Waals surface area contributed by atoms with E-state index in [0.29, 0.717) is 11.6 Å². The molecule has 0 unspecified atom stereocenters. The predicted molar refractivity (Wildman–Crippen MR) is 59.6 cm³/mol. The molecule has 1 aliphatic rings. The minimum Gasteiger partial charge on any atom is -0.366 e. The average Bonchev–Trinajstić information content (AvgIpc) is 2.71. The lowest BCUT2D eigenvalue weighted by molar-refractivity contribution is 0.749. The van der Waals surface area contributed by atoms with Crippen molar-refractivity contribution < 1.29 is 0 Å². The van der Waals surface area contributed by atoms with Gasteiger partial charge in [-0.05, 0) is 31.9 Å². The molecule has 0 amide bonds. The molecule has 3 heteroatoms. The van der Waals surface area contributed by atoms with Gasteiger partial charge in [-0.1, -0.05) is 12.8 Å². The molecule has 1 N–H and O–H groups in total. The molecular formula is C12H15N3.